The van der Waals surface area contributed by atoms with Crippen LogP contribution in [-0.4, -0.2) is 53.8 Å². The van der Waals surface area contributed by atoms with Crippen LogP contribution in [0.1, 0.15) is 44.9 Å². The van der Waals surface area contributed by atoms with Crippen molar-refractivity contribution in [2.45, 2.75) is 51.0 Å². The monoisotopic (exact) mass is 281 g/mol. The summed E-state index contributed by atoms with van der Waals surface area (Å²) >= 11 is 0. The molecule has 20 heavy (non-hydrogen) atoms. The van der Waals surface area contributed by atoms with Crippen LogP contribution in [0.3, 0.4) is 0 Å². The number of nitrogens with zero attached hydrogens (tertiary/aromatic N) is 2. The molecule has 2 rings (SSSR count). The van der Waals surface area contributed by atoms with E-state index in [2.05, 4.69) is 5.32 Å². The van der Waals surface area contributed by atoms with Gasteiger partial charge in [0, 0.05) is 26.1 Å². The van der Waals surface area contributed by atoms with Crippen molar-refractivity contribution >= 4 is 17.8 Å². The molecule has 0 aromatic rings. The van der Waals surface area contributed by atoms with Crippen molar-refractivity contribution in [1.82, 2.24) is 15.1 Å². The van der Waals surface area contributed by atoms with Gasteiger partial charge in [-0.2, -0.15) is 0 Å². The third-order valence-corrected chi connectivity index (χ3v) is 3.99. The van der Waals surface area contributed by atoms with Crippen LogP contribution >= 0.6 is 0 Å². The Bertz CT molecular complexity index is 391. The summed E-state index contributed by atoms with van der Waals surface area (Å²) in [6.07, 6.45) is 6.68. The van der Waals surface area contributed by atoms with E-state index in [1.807, 2.05) is 0 Å². The molecule has 0 unspecified atom stereocenters. The Labute approximate surface area is 119 Å². The Kier molecular flexibility index (Phi) is 4.98. The molecule has 0 atom stereocenters. The minimum absolute atomic E-state index is 0.0318. The second-order valence-corrected chi connectivity index (χ2v) is 5.69. The van der Waals surface area contributed by atoms with Gasteiger partial charge < -0.3 is 10.2 Å². The normalized spacial score (nSPS) is 20.6. The zero-order valence-electron chi connectivity index (χ0n) is 12.1. The highest BCUT2D eigenvalue weighted by molar-refractivity contribution is 6.01. The van der Waals surface area contributed by atoms with E-state index >= 15 is 0 Å². The van der Waals surface area contributed by atoms with Crippen molar-refractivity contribution in [3.05, 3.63) is 0 Å². The second-order valence-electron chi connectivity index (χ2n) is 5.69. The van der Waals surface area contributed by atoms with E-state index in [0.717, 1.165) is 12.8 Å². The highest BCUT2D eigenvalue weighted by atomic mass is 16.2. The highest BCUT2D eigenvalue weighted by Crippen LogP contribution is 2.17. The Morgan fingerprint density at radius 3 is 2.55 bits per heavy atom. The van der Waals surface area contributed by atoms with Crippen LogP contribution in [0.25, 0.3) is 0 Å². The largest absolute Gasteiger partial charge is 0.353 e. The molecule has 1 saturated heterocycles. The lowest BCUT2D eigenvalue weighted by Gasteiger charge is -2.22. The molecule has 1 N–H and O–H groups in total. The minimum Gasteiger partial charge on any atom is -0.353 e. The molecular formula is C14H23N3O3. The fourth-order valence-electron chi connectivity index (χ4n) is 2.83. The molecule has 0 spiro atoms. The molecule has 0 aromatic carbocycles. The third kappa shape index (κ3) is 3.71. The summed E-state index contributed by atoms with van der Waals surface area (Å²) in [5.41, 5.74) is 0. The minimum atomic E-state index is -0.261. The molecule has 2 aliphatic rings. The number of hydrogen-bond donors (Lipinski definition) is 1. The lowest BCUT2D eigenvalue weighted by molar-refractivity contribution is -0.126. The fraction of sp³-hybridized carbons (Fsp3) is 0.786. The van der Waals surface area contributed by atoms with Crippen LogP contribution < -0.4 is 5.32 Å². The van der Waals surface area contributed by atoms with E-state index < -0.39 is 0 Å². The predicted molar refractivity (Wildman–Crippen MR) is 74.0 cm³/mol. The summed E-state index contributed by atoms with van der Waals surface area (Å²) in [5, 5.41) is 3.04. The Balaban J connectivity index is 1.66. The average molecular weight is 281 g/mol. The molecule has 1 aliphatic heterocycles. The van der Waals surface area contributed by atoms with E-state index in [1.165, 1.54) is 29.1 Å². The molecule has 2 fully saturated rings. The summed E-state index contributed by atoms with van der Waals surface area (Å²) in [6, 6.07) is 0.0557. The first-order chi connectivity index (χ1) is 9.58. The van der Waals surface area contributed by atoms with Gasteiger partial charge >= 0.3 is 6.03 Å². The lowest BCUT2D eigenvalue weighted by Crippen LogP contribution is -2.37. The summed E-state index contributed by atoms with van der Waals surface area (Å²) in [6.45, 7) is 0.479. The summed E-state index contributed by atoms with van der Waals surface area (Å²) in [7, 11) is 1.61. The fourth-order valence-corrected chi connectivity index (χ4v) is 2.83. The number of amides is 4. The van der Waals surface area contributed by atoms with E-state index in [4.69, 9.17) is 0 Å². The molecule has 1 saturated carbocycles. The molecule has 0 radical (unpaired) electrons. The maximum Gasteiger partial charge on any atom is 0.326 e. The molecule has 0 aromatic heterocycles. The Hall–Kier alpha value is -1.59. The van der Waals surface area contributed by atoms with Gasteiger partial charge in [-0.05, 0) is 19.3 Å². The highest BCUT2D eigenvalue weighted by Gasteiger charge is 2.32. The van der Waals surface area contributed by atoms with E-state index in [9.17, 15) is 14.4 Å². The molecule has 6 heteroatoms. The zero-order valence-corrected chi connectivity index (χ0v) is 12.1. The third-order valence-electron chi connectivity index (χ3n) is 3.99. The number of carbonyl (C=O) groups is 3. The van der Waals surface area contributed by atoms with Gasteiger partial charge in [-0.25, -0.2) is 4.79 Å². The Morgan fingerprint density at radius 2 is 1.95 bits per heavy atom. The van der Waals surface area contributed by atoms with Crippen LogP contribution in [0.15, 0.2) is 0 Å². The first-order valence-electron chi connectivity index (χ1n) is 7.43. The average Bonchev–Trinajstić information content (AvgIpc) is 2.66. The van der Waals surface area contributed by atoms with Crippen LogP contribution in [0.2, 0.25) is 0 Å². The lowest BCUT2D eigenvalue weighted by atomic mass is 9.95. The first-order valence-corrected chi connectivity index (χ1v) is 7.43. The topological polar surface area (TPSA) is 69.7 Å². The molecule has 1 heterocycles. The SMILES string of the molecule is CN1CC(=O)N(CCCC(=O)NC2CCCCC2)C1=O. The van der Waals surface area contributed by atoms with Crippen molar-refractivity contribution < 1.29 is 14.4 Å². The number of hydrogen-bond acceptors (Lipinski definition) is 3. The number of imide groups is 1. The summed E-state index contributed by atoms with van der Waals surface area (Å²) in [4.78, 5) is 37.6. The van der Waals surface area contributed by atoms with Gasteiger partial charge in [0.2, 0.25) is 11.8 Å². The molecular weight excluding hydrogens is 258 g/mol. The van der Waals surface area contributed by atoms with Gasteiger partial charge in [0.1, 0.15) is 6.54 Å². The van der Waals surface area contributed by atoms with Crippen LogP contribution in [0.4, 0.5) is 4.79 Å². The van der Waals surface area contributed by atoms with Crippen molar-refractivity contribution in [1.29, 1.82) is 0 Å². The molecule has 1 aliphatic carbocycles. The maximum absolute atomic E-state index is 11.8. The van der Waals surface area contributed by atoms with Crippen molar-refractivity contribution in [2.75, 3.05) is 20.1 Å². The predicted octanol–water partition coefficient (Wildman–Crippen LogP) is 1.11. The van der Waals surface area contributed by atoms with Gasteiger partial charge in [-0.15, -0.1) is 0 Å². The number of nitrogens with one attached hydrogen (secondary N) is 1. The van der Waals surface area contributed by atoms with Crippen molar-refractivity contribution in [2.24, 2.45) is 0 Å². The number of likely N-dealkylation sites (N-methyl/N-ethyl adjacent to an activating group) is 1. The molecule has 0 bridgehead atoms. The van der Waals surface area contributed by atoms with Gasteiger partial charge in [-0.3, -0.25) is 14.5 Å². The standard InChI is InChI=1S/C14H23N3O3/c1-16-10-13(19)17(14(16)20)9-5-8-12(18)15-11-6-3-2-4-7-11/h11H,2-10H2,1H3,(H,15,18). The van der Waals surface area contributed by atoms with Gasteiger partial charge in [-0.1, -0.05) is 19.3 Å². The smallest absolute Gasteiger partial charge is 0.326 e. The maximum atomic E-state index is 11.8. The Morgan fingerprint density at radius 1 is 1.25 bits per heavy atom. The van der Waals surface area contributed by atoms with Crippen molar-refractivity contribution in [3.8, 4) is 0 Å². The molecule has 112 valence electrons. The quantitative estimate of drug-likeness (QED) is 0.767. The number of rotatable bonds is 5. The molecule has 4 amide bonds. The van der Waals surface area contributed by atoms with Crippen LogP contribution in [0, 0.1) is 0 Å². The van der Waals surface area contributed by atoms with Crippen LogP contribution in [0.5, 0.6) is 0 Å². The van der Waals surface area contributed by atoms with Gasteiger partial charge in [0.05, 0.1) is 0 Å². The zero-order chi connectivity index (χ0) is 14.5. The number of urea groups is 1. The van der Waals surface area contributed by atoms with Gasteiger partial charge in [0.15, 0.2) is 0 Å². The van der Waals surface area contributed by atoms with Crippen molar-refractivity contribution in [3.63, 3.8) is 0 Å². The summed E-state index contributed by atoms with van der Waals surface area (Å²) < 4.78 is 0. The first kappa shape index (κ1) is 14.8. The number of carbonyl (C=O) groups excluding carboxylic acids is 3. The van der Waals surface area contributed by atoms with Crippen LogP contribution in [-0.2, 0) is 9.59 Å². The van der Waals surface area contributed by atoms with E-state index in [-0.39, 0.29) is 24.4 Å². The summed E-state index contributed by atoms with van der Waals surface area (Å²) in [5.74, 6) is -0.144. The van der Waals surface area contributed by atoms with E-state index in [1.54, 1.807) is 7.05 Å². The molecule has 6 nitrogen and oxygen atoms in total. The van der Waals surface area contributed by atoms with Gasteiger partial charge in [0.25, 0.3) is 0 Å². The van der Waals surface area contributed by atoms with E-state index in [0.29, 0.717) is 25.4 Å². The second kappa shape index (κ2) is 6.72.